The van der Waals surface area contributed by atoms with Crippen LogP contribution >= 0.6 is 0 Å². The lowest BCUT2D eigenvalue weighted by atomic mass is 10.1. The standard InChI is InChI=1S/C29H34N12O13/c30-21-13-22(33-6-32-21)40(7-34-13)27-18(47)20(11(54-27)5-51-19-9(3-42)52-26(17(19)46)39-2-1-12(43)36-29(39)49)50-4-10-15(44)16(45)25(53-10)41-8-35-14-23(41)37-28(31)38-24(14)48/h1-2,6-11,15-20,25-27,42,44-47H,3-5H2,(H2,30,32,33)(H,36,43,49)(H3,31,37,38,48)/t9-,10-,11-,15-,16-,17-,18-,19-,20-,25-,26-,27-/m1/s1. The van der Waals surface area contributed by atoms with Crippen LogP contribution in [0.1, 0.15) is 18.7 Å². The molecule has 25 heteroatoms. The highest BCUT2D eigenvalue weighted by atomic mass is 16.6. The Hall–Kier alpha value is -5.22. The fourth-order valence-corrected chi connectivity index (χ4v) is 6.91. The van der Waals surface area contributed by atoms with Crippen molar-refractivity contribution in [2.24, 2.45) is 0 Å². The fraction of sp³-hybridized carbons (Fsp3) is 0.517. The number of anilines is 2. The highest BCUT2D eigenvalue weighted by Crippen LogP contribution is 2.37. The van der Waals surface area contributed by atoms with Gasteiger partial charge in [0.2, 0.25) is 5.95 Å². The van der Waals surface area contributed by atoms with Gasteiger partial charge in [0.15, 0.2) is 41.3 Å². The van der Waals surface area contributed by atoms with E-state index in [0.29, 0.717) is 0 Å². The van der Waals surface area contributed by atoms with Gasteiger partial charge in [-0.1, -0.05) is 0 Å². The van der Waals surface area contributed by atoms with Gasteiger partial charge in [-0.05, 0) is 0 Å². The molecule has 54 heavy (non-hydrogen) atoms. The largest absolute Gasteiger partial charge is 0.394 e. The third-order valence-electron chi connectivity index (χ3n) is 9.55. The number of fused-ring (bicyclic) bond motifs is 2. The molecule has 0 saturated carbocycles. The Labute approximate surface area is 299 Å². The molecular formula is C29H34N12O13. The van der Waals surface area contributed by atoms with Crippen molar-refractivity contribution in [1.82, 2.24) is 48.6 Å². The van der Waals surface area contributed by atoms with Crippen LogP contribution in [0.2, 0.25) is 0 Å². The molecule has 5 aromatic rings. The van der Waals surface area contributed by atoms with E-state index in [1.54, 1.807) is 0 Å². The van der Waals surface area contributed by atoms with Gasteiger partial charge in [-0.15, -0.1) is 0 Å². The molecule has 11 N–H and O–H groups in total. The van der Waals surface area contributed by atoms with E-state index in [1.807, 2.05) is 0 Å². The number of aliphatic hydroxyl groups is 5. The first-order chi connectivity index (χ1) is 25.9. The van der Waals surface area contributed by atoms with E-state index in [9.17, 15) is 39.9 Å². The number of aliphatic hydroxyl groups excluding tert-OH is 5. The average molecular weight is 759 g/mol. The summed E-state index contributed by atoms with van der Waals surface area (Å²) in [6.07, 6.45) is -10.9. The molecule has 0 spiro atoms. The molecule has 0 radical (unpaired) electrons. The highest BCUT2D eigenvalue weighted by molar-refractivity contribution is 5.81. The molecule has 3 aliphatic heterocycles. The van der Waals surface area contributed by atoms with E-state index in [1.165, 1.54) is 28.1 Å². The quantitative estimate of drug-likeness (QED) is 0.0641. The van der Waals surface area contributed by atoms with E-state index in [-0.39, 0.29) is 34.1 Å². The van der Waals surface area contributed by atoms with Gasteiger partial charge in [0.1, 0.15) is 66.8 Å². The number of nitrogens with one attached hydrogen (secondary N) is 2. The Morgan fingerprint density at radius 2 is 1.33 bits per heavy atom. The first kappa shape index (κ1) is 35.8. The van der Waals surface area contributed by atoms with Crippen LogP contribution in [-0.2, 0) is 23.7 Å². The van der Waals surface area contributed by atoms with E-state index in [0.717, 1.165) is 16.8 Å². The zero-order chi connectivity index (χ0) is 38.0. The number of aromatic amines is 2. The maximum absolute atomic E-state index is 12.4. The second kappa shape index (κ2) is 13.9. The van der Waals surface area contributed by atoms with Gasteiger partial charge >= 0.3 is 5.69 Å². The minimum Gasteiger partial charge on any atom is -0.394 e. The number of aromatic nitrogens is 10. The van der Waals surface area contributed by atoms with E-state index in [2.05, 4.69) is 34.9 Å². The average Bonchev–Trinajstić information content (AvgIpc) is 3.95. The van der Waals surface area contributed by atoms with Gasteiger partial charge in [0, 0.05) is 12.3 Å². The van der Waals surface area contributed by atoms with Crippen molar-refractivity contribution in [1.29, 1.82) is 0 Å². The van der Waals surface area contributed by atoms with Crippen LogP contribution in [0.3, 0.4) is 0 Å². The molecular weight excluding hydrogens is 724 g/mol. The van der Waals surface area contributed by atoms with Crippen LogP contribution in [0.25, 0.3) is 22.3 Å². The van der Waals surface area contributed by atoms with Crippen molar-refractivity contribution in [3.05, 3.63) is 62.4 Å². The summed E-state index contributed by atoms with van der Waals surface area (Å²) in [7, 11) is 0. The van der Waals surface area contributed by atoms with Gasteiger partial charge in [0.25, 0.3) is 11.1 Å². The smallest absolute Gasteiger partial charge is 0.330 e. The predicted molar refractivity (Wildman–Crippen MR) is 176 cm³/mol. The predicted octanol–water partition coefficient (Wildman–Crippen LogP) is -5.43. The summed E-state index contributed by atoms with van der Waals surface area (Å²) in [6.45, 7) is -1.44. The number of rotatable bonds is 10. The zero-order valence-electron chi connectivity index (χ0n) is 27.7. The molecule has 12 atom stereocenters. The number of hydrogen-bond acceptors (Lipinski definition) is 20. The van der Waals surface area contributed by atoms with Crippen LogP contribution in [-0.4, -0.2) is 149 Å². The molecule has 288 valence electrons. The molecule has 0 amide bonds. The van der Waals surface area contributed by atoms with Crippen molar-refractivity contribution < 1.29 is 49.2 Å². The molecule has 0 bridgehead atoms. The molecule has 8 rings (SSSR count). The summed E-state index contributed by atoms with van der Waals surface area (Å²) in [4.78, 5) is 61.2. The first-order valence-electron chi connectivity index (χ1n) is 16.4. The van der Waals surface area contributed by atoms with Crippen molar-refractivity contribution in [3.63, 3.8) is 0 Å². The molecule has 0 aromatic carbocycles. The Morgan fingerprint density at radius 3 is 2.06 bits per heavy atom. The molecule has 3 saturated heterocycles. The topological polar surface area (TPSA) is 361 Å². The lowest BCUT2D eigenvalue weighted by Crippen LogP contribution is -2.43. The summed E-state index contributed by atoms with van der Waals surface area (Å²) in [6, 6.07) is 1.06. The number of nitrogens with two attached hydrogens (primary N) is 2. The second-order valence-electron chi connectivity index (χ2n) is 12.8. The van der Waals surface area contributed by atoms with Gasteiger partial charge in [-0.3, -0.25) is 33.3 Å². The van der Waals surface area contributed by atoms with Crippen molar-refractivity contribution in [2.45, 2.75) is 73.6 Å². The zero-order valence-corrected chi connectivity index (χ0v) is 27.7. The maximum atomic E-state index is 12.4. The summed E-state index contributed by atoms with van der Waals surface area (Å²) < 4.78 is 33.6. The summed E-state index contributed by atoms with van der Waals surface area (Å²) in [5, 5.41) is 54.8. The summed E-state index contributed by atoms with van der Waals surface area (Å²) in [5.41, 5.74) is 9.89. The highest BCUT2D eigenvalue weighted by Gasteiger charge is 2.51. The molecule has 0 aliphatic carbocycles. The molecule has 5 aromatic heterocycles. The minimum atomic E-state index is -1.54. The van der Waals surface area contributed by atoms with Crippen molar-refractivity contribution >= 4 is 34.1 Å². The number of nitrogen functional groups attached to an aromatic ring is 2. The number of imidazole rings is 2. The maximum Gasteiger partial charge on any atom is 0.330 e. The minimum absolute atomic E-state index is 0.00216. The van der Waals surface area contributed by atoms with E-state index >= 15 is 0 Å². The van der Waals surface area contributed by atoms with E-state index in [4.69, 9.17) is 35.2 Å². The first-order valence-corrected chi connectivity index (χ1v) is 16.4. The Bertz CT molecular complexity index is 2340. The van der Waals surface area contributed by atoms with Crippen molar-refractivity contribution in [2.75, 3.05) is 31.3 Å². The number of ether oxygens (including phenoxy) is 5. The van der Waals surface area contributed by atoms with Gasteiger partial charge in [-0.25, -0.2) is 24.7 Å². The van der Waals surface area contributed by atoms with Crippen LogP contribution in [0.5, 0.6) is 0 Å². The lowest BCUT2D eigenvalue weighted by Gasteiger charge is -2.26. The third-order valence-corrected chi connectivity index (χ3v) is 9.55. The molecule has 3 aliphatic rings. The van der Waals surface area contributed by atoms with Crippen LogP contribution in [0.4, 0.5) is 11.8 Å². The SMILES string of the molecule is Nc1nc2c(ncn2[C@@H]2O[C@H](CO[C@H]3[C@@H](O)[C@H](n4cnc5c(N)ncnc54)O[C@@H]3CO[C@H]3[C@@H](O)[C@H](n4ccc(=O)[nH]c4=O)O[C@@H]3CO)[C@@H](O)[C@H]2O)c(=O)[nH]1. The second-order valence-corrected chi connectivity index (χ2v) is 12.8. The Kier molecular flexibility index (Phi) is 9.20. The number of H-pyrrole nitrogens is 2. The van der Waals surface area contributed by atoms with Gasteiger partial charge < -0.3 is 60.7 Å². The Morgan fingerprint density at radius 1 is 0.722 bits per heavy atom. The van der Waals surface area contributed by atoms with Crippen LogP contribution < -0.4 is 28.3 Å². The Balaban J connectivity index is 1.03. The fourth-order valence-electron chi connectivity index (χ4n) is 6.91. The normalized spacial score (nSPS) is 32.7. The summed E-state index contributed by atoms with van der Waals surface area (Å²) in [5.74, 6) is -0.128. The summed E-state index contributed by atoms with van der Waals surface area (Å²) >= 11 is 0. The molecule has 25 nitrogen and oxygen atoms in total. The number of nitrogens with zero attached hydrogens (tertiary/aromatic N) is 8. The molecule has 3 fully saturated rings. The van der Waals surface area contributed by atoms with E-state index < -0.39 is 110 Å². The molecule has 0 unspecified atom stereocenters. The van der Waals surface area contributed by atoms with Gasteiger partial charge in [0.05, 0.1) is 32.5 Å². The lowest BCUT2D eigenvalue weighted by molar-refractivity contribution is -0.131. The van der Waals surface area contributed by atoms with Crippen LogP contribution in [0, 0.1) is 0 Å². The molecule has 8 heterocycles. The van der Waals surface area contributed by atoms with Gasteiger partial charge in [-0.2, -0.15) is 4.98 Å². The number of hydrogen-bond donors (Lipinski definition) is 9. The van der Waals surface area contributed by atoms with Crippen LogP contribution in [0.15, 0.2) is 45.6 Å². The van der Waals surface area contributed by atoms with Crippen molar-refractivity contribution in [3.8, 4) is 0 Å². The monoisotopic (exact) mass is 758 g/mol. The third kappa shape index (κ3) is 6.00.